The molecule has 0 radical (unpaired) electrons. The van der Waals surface area contributed by atoms with Crippen molar-refractivity contribution in [3.05, 3.63) is 107 Å². The van der Waals surface area contributed by atoms with E-state index in [1.54, 1.807) is 4.90 Å². The lowest BCUT2D eigenvalue weighted by atomic mass is 10.1. The third-order valence-electron chi connectivity index (χ3n) is 6.46. The van der Waals surface area contributed by atoms with Gasteiger partial charge in [0.1, 0.15) is 6.54 Å². The minimum absolute atomic E-state index is 0.0472. The first kappa shape index (κ1) is 24.3. The average Bonchev–Trinajstić information content (AvgIpc) is 3.28. The van der Waals surface area contributed by atoms with Gasteiger partial charge in [-0.05, 0) is 56.0 Å². The van der Waals surface area contributed by atoms with Gasteiger partial charge in [-0.25, -0.2) is 0 Å². The third-order valence-corrected chi connectivity index (χ3v) is 6.46. The van der Waals surface area contributed by atoms with Crippen LogP contribution in [0.4, 0.5) is 0 Å². The zero-order valence-electron chi connectivity index (χ0n) is 20.7. The van der Waals surface area contributed by atoms with Crippen LogP contribution in [-0.2, 0) is 17.8 Å². The molecule has 2 amide bonds. The molecule has 4 aromatic rings. The Morgan fingerprint density at radius 3 is 2.31 bits per heavy atom. The summed E-state index contributed by atoms with van der Waals surface area (Å²) in [5, 5.41) is 1.18. The van der Waals surface area contributed by atoms with E-state index in [1.807, 2.05) is 98.6 Å². The lowest BCUT2D eigenvalue weighted by Crippen LogP contribution is -2.46. The van der Waals surface area contributed by atoms with Crippen molar-refractivity contribution >= 4 is 22.7 Å². The van der Waals surface area contributed by atoms with E-state index in [-0.39, 0.29) is 24.4 Å². The first-order chi connectivity index (χ1) is 16.9. The van der Waals surface area contributed by atoms with Crippen molar-refractivity contribution in [3.8, 4) is 0 Å². The maximum atomic E-state index is 13.6. The molecule has 0 aliphatic carbocycles. The van der Waals surface area contributed by atoms with Gasteiger partial charge in [0.05, 0.1) is 0 Å². The van der Waals surface area contributed by atoms with Crippen LogP contribution in [0, 0.1) is 6.92 Å². The fourth-order valence-corrected chi connectivity index (χ4v) is 4.39. The molecule has 0 saturated carbocycles. The number of H-pyrrole nitrogens is 1. The Morgan fingerprint density at radius 2 is 1.57 bits per heavy atom. The van der Waals surface area contributed by atoms with Gasteiger partial charge in [-0.3, -0.25) is 9.59 Å². The van der Waals surface area contributed by atoms with Crippen LogP contribution in [0.15, 0.2) is 85.1 Å². The number of fused-ring (bicyclic) bond motifs is 1. The highest BCUT2D eigenvalue weighted by molar-refractivity contribution is 5.98. The Hall–Kier alpha value is -3.86. The second-order valence-electron chi connectivity index (χ2n) is 9.25. The molecule has 0 bridgehead atoms. The van der Waals surface area contributed by atoms with Crippen molar-refractivity contribution in [1.82, 2.24) is 14.8 Å². The third kappa shape index (κ3) is 5.80. The summed E-state index contributed by atoms with van der Waals surface area (Å²) in [6.45, 7) is 6.96. The van der Waals surface area contributed by atoms with E-state index in [0.29, 0.717) is 18.7 Å². The molecular weight excluding hydrogens is 434 g/mol. The largest absolute Gasteiger partial charge is 0.361 e. The highest BCUT2D eigenvalue weighted by Gasteiger charge is 2.25. The molecule has 0 saturated heterocycles. The second-order valence-corrected chi connectivity index (χ2v) is 9.25. The number of hydrogen-bond acceptors (Lipinski definition) is 2. The van der Waals surface area contributed by atoms with Crippen molar-refractivity contribution in [1.29, 1.82) is 0 Å². The summed E-state index contributed by atoms with van der Waals surface area (Å²) < 4.78 is 0. The summed E-state index contributed by atoms with van der Waals surface area (Å²) >= 11 is 0. The van der Waals surface area contributed by atoms with Crippen LogP contribution >= 0.6 is 0 Å². The summed E-state index contributed by atoms with van der Waals surface area (Å²) in [6, 6.07) is 25.7. The summed E-state index contributed by atoms with van der Waals surface area (Å²) in [5.41, 5.74) is 4.90. The molecule has 0 atom stereocenters. The van der Waals surface area contributed by atoms with Crippen LogP contribution in [0.3, 0.4) is 0 Å². The van der Waals surface area contributed by atoms with Gasteiger partial charge >= 0.3 is 0 Å². The van der Waals surface area contributed by atoms with Crippen molar-refractivity contribution in [2.24, 2.45) is 0 Å². The van der Waals surface area contributed by atoms with E-state index in [4.69, 9.17) is 0 Å². The molecule has 1 aromatic heterocycles. The number of hydrogen-bond donors (Lipinski definition) is 1. The van der Waals surface area contributed by atoms with Crippen molar-refractivity contribution in [2.45, 2.75) is 39.8 Å². The molecule has 4 rings (SSSR count). The predicted molar refractivity (Wildman–Crippen MR) is 141 cm³/mol. The second kappa shape index (κ2) is 11.0. The van der Waals surface area contributed by atoms with Gasteiger partial charge in [0.15, 0.2) is 0 Å². The Morgan fingerprint density at radius 1 is 0.886 bits per heavy atom. The Bertz CT molecular complexity index is 1290. The monoisotopic (exact) mass is 467 g/mol. The Labute approximate surface area is 207 Å². The lowest BCUT2D eigenvalue weighted by molar-refractivity contribution is -0.132. The number of nitrogens with zero attached hydrogens (tertiary/aromatic N) is 2. The first-order valence-corrected chi connectivity index (χ1v) is 12.2. The zero-order chi connectivity index (χ0) is 24.8. The molecule has 0 aliphatic heterocycles. The number of aryl methyl sites for hydroxylation is 1. The fourth-order valence-electron chi connectivity index (χ4n) is 4.39. The molecule has 35 heavy (non-hydrogen) atoms. The van der Waals surface area contributed by atoms with Crippen LogP contribution in [0.5, 0.6) is 0 Å². The summed E-state index contributed by atoms with van der Waals surface area (Å²) in [6.07, 6.45) is 2.76. The Balaban J connectivity index is 1.54. The number of rotatable bonds is 9. The number of carbonyl (C=O) groups excluding carboxylic acids is 2. The molecule has 5 heteroatoms. The molecule has 0 fully saturated rings. The van der Waals surface area contributed by atoms with E-state index in [0.717, 1.165) is 23.1 Å². The van der Waals surface area contributed by atoms with Gasteiger partial charge in [-0.2, -0.15) is 0 Å². The highest BCUT2D eigenvalue weighted by atomic mass is 16.2. The maximum absolute atomic E-state index is 13.6. The quantitative estimate of drug-likeness (QED) is 0.348. The van der Waals surface area contributed by atoms with Gasteiger partial charge in [0, 0.05) is 41.8 Å². The number of carbonyl (C=O) groups is 2. The highest BCUT2D eigenvalue weighted by Crippen LogP contribution is 2.19. The Kier molecular flexibility index (Phi) is 7.66. The van der Waals surface area contributed by atoms with E-state index < -0.39 is 0 Å². The van der Waals surface area contributed by atoms with Crippen LogP contribution in [0.1, 0.15) is 40.9 Å². The summed E-state index contributed by atoms with van der Waals surface area (Å²) in [7, 11) is 0. The molecule has 0 aliphatic rings. The van der Waals surface area contributed by atoms with Crippen LogP contribution < -0.4 is 0 Å². The number of aromatic nitrogens is 1. The normalized spacial score (nSPS) is 11.1. The van der Waals surface area contributed by atoms with Crippen LogP contribution in [-0.4, -0.2) is 45.7 Å². The minimum Gasteiger partial charge on any atom is -0.361 e. The van der Waals surface area contributed by atoms with E-state index in [9.17, 15) is 9.59 Å². The lowest BCUT2D eigenvalue weighted by Gasteiger charge is -2.30. The van der Waals surface area contributed by atoms with Gasteiger partial charge in [-0.15, -0.1) is 0 Å². The number of amides is 2. The van der Waals surface area contributed by atoms with Gasteiger partial charge in [0.2, 0.25) is 5.91 Å². The summed E-state index contributed by atoms with van der Waals surface area (Å²) in [4.78, 5) is 33.9. The zero-order valence-corrected chi connectivity index (χ0v) is 20.7. The number of aromatic amines is 1. The van der Waals surface area contributed by atoms with Gasteiger partial charge < -0.3 is 14.8 Å². The first-order valence-electron chi connectivity index (χ1n) is 12.2. The van der Waals surface area contributed by atoms with Crippen LogP contribution in [0.2, 0.25) is 0 Å². The summed E-state index contributed by atoms with van der Waals surface area (Å²) in [5.74, 6) is -0.160. The number of para-hydroxylation sites is 1. The number of nitrogens with one attached hydrogen (secondary N) is 1. The molecule has 1 N–H and O–H groups in total. The molecule has 0 unspecified atom stereocenters. The topological polar surface area (TPSA) is 56.4 Å². The molecule has 180 valence electrons. The smallest absolute Gasteiger partial charge is 0.254 e. The SMILES string of the molecule is Cc1ccccc1C(=O)N(CC(=O)N(CCc1c[nH]c2ccccc12)Cc1ccccc1)C(C)C. The van der Waals surface area contributed by atoms with Gasteiger partial charge in [-0.1, -0.05) is 66.7 Å². The van der Waals surface area contributed by atoms with Crippen molar-refractivity contribution in [2.75, 3.05) is 13.1 Å². The van der Waals surface area contributed by atoms with Crippen molar-refractivity contribution < 1.29 is 9.59 Å². The predicted octanol–water partition coefficient (Wildman–Crippen LogP) is 5.60. The van der Waals surface area contributed by atoms with E-state index in [2.05, 4.69) is 17.1 Å². The molecule has 0 spiro atoms. The minimum atomic E-state index is -0.109. The van der Waals surface area contributed by atoms with E-state index >= 15 is 0 Å². The van der Waals surface area contributed by atoms with E-state index in [1.165, 1.54) is 10.9 Å². The molecule has 1 heterocycles. The molecule has 5 nitrogen and oxygen atoms in total. The number of benzene rings is 3. The van der Waals surface area contributed by atoms with Crippen molar-refractivity contribution in [3.63, 3.8) is 0 Å². The maximum Gasteiger partial charge on any atom is 0.254 e. The average molecular weight is 468 g/mol. The van der Waals surface area contributed by atoms with Gasteiger partial charge in [0.25, 0.3) is 5.91 Å². The fraction of sp³-hybridized carbons (Fsp3) is 0.267. The molecular formula is C30H33N3O2. The van der Waals surface area contributed by atoms with Crippen LogP contribution in [0.25, 0.3) is 10.9 Å². The standard InChI is InChI=1S/C30H33N3O2/c1-22(2)33(30(35)26-14-8-7-11-23(26)3)21-29(34)32(20-24-12-5-4-6-13-24)18-17-25-19-31-28-16-10-9-15-27(25)28/h4-16,19,22,31H,17-18,20-21H2,1-3H3. The molecule has 3 aromatic carbocycles.